The standard InChI is InChI=1S/C31H33N5O4/c1-38-25-11-10-23(29(17-25)39-2)19-36(16-13-22-18-34-27-9-4-3-8-26(22)27)20-30-35-28(21-40-30)31(37)33-15-12-24-7-5-6-14-32-24/h3-11,14,17-18,21,34H,12-13,15-16,19-20H2,1-2H3,(H,33,37). The molecule has 0 saturated heterocycles. The zero-order valence-electron chi connectivity index (χ0n) is 22.7. The second-order valence-electron chi connectivity index (χ2n) is 9.45. The zero-order chi connectivity index (χ0) is 27.7. The van der Waals surface area contributed by atoms with Crippen LogP contribution in [0.2, 0.25) is 0 Å². The van der Waals surface area contributed by atoms with Crippen molar-refractivity contribution in [1.29, 1.82) is 0 Å². The number of fused-ring (bicyclic) bond motifs is 1. The summed E-state index contributed by atoms with van der Waals surface area (Å²) in [5, 5.41) is 4.11. The van der Waals surface area contributed by atoms with Crippen molar-refractivity contribution in [3.63, 3.8) is 0 Å². The van der Waals surface area contributed by atoms with E-state index in [1.54, 1.807) is 20.4 Å². The predicted octanol–water partition coefficient (Wildman–Crippen LogP) is 4.79. The van der Waals surface area contributed by atoms with Gasteiger partial charge in [0.15, 0.2) is 5.69 Å². The van der Waals surface area contributed by atoms with Crippen molar-refractivity contribution in [3.05, 3.63) is 108 Å². The molecule has 5 rings (SSSR count). The summed E-state index contributed by atoms with van der Waals surface area (Å²) in [6, 6.07) is 19.8. The second kappa shape index (κ2) is 12.9. The van der Waals surface area contributed by atoms with Crippen LogP contribution in [0.25, 0.3) is 10.9 Å². The number of rotatable bonds is 13. The third-order valence-electron chi connectivity index (χ3n) is 6.80. The molecule has 206 valence electrons. The van der Waals surface area contributed by atoms with Gasteiger partial charge in [0.05, 0.1) is 20.8 Å². The Labute approximate surface area is 233 Å². The van der Waals surface area contributed by atoms with Crippen molar-refractivity contribution >= 4 is 16.8 Å². The Hall–Kier alpha value is -4.63. The van der Waals surface area contributed by atoms with E-state index in [0.717, 1.165) is 41.2 Å². The maximum atomic E-state index is 12.7. The summed E-state index contributed by atoms with van der Waals surface area (Å²) in [7, 11) is 3.29. The summed E-state index contributed by atoms with van der Waals surface area (Å²) in [5.74, 6) is 1.68. The molecule has 1 amide bonds. The minimum atomic E-state index is -0.270. The number of nitrogens with zero attached hydrogens (tertiary/aromatic N) is 3. The number of methoxy groups -OCH3 is 2. The lowest BCUT2D eigenvalue weighted by Gasteiger charge is -2.22. The molecule has 0 aliphatic rings. The molecule has 40 heavy (non-hydrogen) atoms. The normalized spacial score (nSPS) is 11.2. The molecule has 2 N–H and O–H groups in total. The largest absolute Gasteiger partial charge is 0.497 e. The number of carbonyl (C=O) groups excluding carboxylic acids is 1. The average Bonchev–Trinajstić information content (AvgIpc) is 3.64. The monoisotopic (exact) mass is 539 g/mol. The first kappa shape index (κ1) is 27.0. The van der Waals surface area contributed by atoms with Crippen LogP contribution < -0.4 is 14.8 Å². The van der Waals surface area contributed by atoms with Crippen molar-refractivity contribution in [2.75, 3.05) is 27.3 Å². The number of carbonyl (C=O) groups is 1. The van der Waals surface area contributed by atoms with Crippen molar-refractivity contribution in [2.24, 2.45) is 0 Å². The molecule has 5 aromatic rings. The highest BCUT2D eigenvalue weighted by molar-refractivity contribution is 5.91. The minimum Gasteiger partial charge on any atom is -0.497 e. The number of oxazole rings is 1. The van der Waals surface area contributed by atoms with Crippen LogP contribution >= 0.6 is 0 Å². The number of H-pyrrole nitrogens is 1. The van der Waals surface area contributed by atoms with Gasteiger partial charge in [0, 0.05) is 66.7 Å². The van der Waals surface area contributed by atoms with Crippen LogP contribution in [0.4, 0.5) is 0 Å². The van der Waals surface area contributed by atoms with Gasteiger partial charge in [-0.2, -0.15) is 0 Å². The fraction of sp³-hybridized carbons (Fsp3) is 0.258. The quantitative estimate of drug-likeness (QED) is 0.222. The average molecular weight is 540 g/mol. The Balaban J connectivity index is 1.28. The molecule has 9 heteroatoms. The zero-order valence-corrected chi connectivity index (χ0v) is 22.7. The molecule has 3 heterocycles. The van der Waals surface area contributed by atoms with Gasteiger partial charge in [-0.05, 0) is 36.2 Å². The molecule has 0 spiro atoms. The first-order valence-corrected chi connectivity index (χ1v) is 13.2. The van der Waals surface area contributed by atoms with E-state index in [1.807, 2.05) is 42.5 Å². The molecule has 0 atom stereocenters. The lowest BCUT2D eigenvalue weighted by molar-refractivity contribution is 0.0949. The van der Waals surface area contributed by atoms with Gasteiger partial charge < -0.3 is 24.2 Å². The summed E-state index contributed by atoms with van der Waals surface area (Å²) in [6.07, 6.45) is 6.69. The second-order valence-corrected chi connectivity index (χ2v) is 9.45. The van der Waals surface area contributed by atoms with Crippen LogP contribution in [-0.2, 0) is 25.9 Å². The number of amides is 1. The molecule has 0 bridgehead atoms. The van der Waals surface area contributed by atoms with Crippen LogP contribution in [0.1, 0.15) is 33.2 Å². The van der Waals surface area contributed by atoms with Crippen LogP contribution in [0.15, 0.2) is 83.7 Å². The number of nitrogens with one attached hydrogen (secondary N) is 2. The number of pyridine rings is 1. The Kier molecular flexibility index (Phi) is 8.73. The SMILES string of the molecule is COc1ccc(CN(CCc2c[nH]c3ccccc23)Cc2nc(C(=O)NCCc3ccccn3)co2)c(OC)c1. The highest BCUT2D eigenvalue weighted by Gasteiger charge is 2.18. The number of aromatic nitrogens is 3. The molecule has 0 aliphatic carbocycles. The number of para-hydroxylation sites is 1. The summed E-state index contributed by atoms with van der Waals surface area (Å²) in [6.45, 7) is 2.24. The lowest BCUT2D eigenvalue weighted by atomic mass is 10.1. The topological polar surface area (TPSA) is 106 Å². The highest BCUT2D eigenvalue weighted by atomic mass is 16.5. The van der Waals surface area contributed by atoms with E-state index in [4.69, 9.17) is 13.9 Å². The van der Waals surface area contributed by atoms with Gasteiger partial charge in [-0.3, -0.25) is 14.7 Å². The minimum absolute atomic E-state index is 0.259. The maximum Gasteiger partial charge on any atom is 0.273 e. The van der Waals surface area contributed by atoms with E-state index in [9.17, 15) is 4.79 Å². The van der Waals surface area contributed by atoms with Gasteiger partial charge >= 0.3 is 0 Å². The van der Waals surface area contributed by atoms with E-state index in [2.05, 4.69) is 49.6 Å². The fourth-order valence-electron chi connectivity index (χ4n) is 4.67. The third-order valence-corrected chi connectivity index (χ3v) is 6.80. The maximum absolute atomic E-state index is 12.7. The third kappa shape index (κ3) is 6.68. The van der Waals surface area contributed by atoms with Crippen LogP contribution in [0.3, 0.4) is 0 Å². The molecular formula is C31H33N5O4. The molecule has 9 nitrogen and oxygen atoms in total. The highest BCUT2D eigenvalue weighted by Crippen LogP contribution is 2.27. The predicted molar refractivity (Wildman–Crippen MR) is 152 cm³/mol. The number of hydrogen-bond acceptors (Lipinski definition) is 7. The van der Waals surface area contributed by atoms with E-state index in [-0.39, 0.29) is 11.6 Å². The van der Waals surface area contributed by atoms with Crippen molar-refractivity contribution < 1.29 is 18.7 Å². The Morgan fingerprint density at radius 3 is 2.70 bits per heavy atom. The summed E-state index contributed by atoms with van der Waals surface area (Å²) in [5.41, 5.74) is 4.55. The van der Waals surface area contributed by atoms with Gasteiger partial charge in [-0.1, -0.05) is 30.3 Å². The molecule has 3 aromatic heterocycles. The van der Waals surface area contributed by atoms with Crippen molar-refractivity contribution in [1.82, 2.24) is 25.2 Å². The van der Waals surface area contributed by atoms with Crippen LogP contribution in [0, 0.1) is 0 Å². The summed E-state index contributed by atoms with van der Waals surface area (Å²) >= 11 is 0. The Morgan fingerprint density at radius 2 is 1.88 bits per heavy atom. The number of hydrogen-bond donors (Lipinski definition) is 2. The Bertz CT molecular complexity index is 1550. The van der Waals surface area contributed by atoms with E-state index in [0.29, 0.717) is 31.9 Å². The van der Waals surface area contributed by atoms with E-state index >= 15 is 0 Å². The molecule has 0 aliphatic heterocycles. The van der Waals surface area contributed by atoms with Crippen LogP contribution in [0.5, 0.6) is 11.5 Å². The lowest BCUT2D eigenvalue weighted by Crippen LogP contribution is -2.27. The van der Waals surface area contributed by atoms with Crippen molar-refractivity contribution in [3.8, 4) is 11.5 Å². The molecule has 0 saturated carbocycles. The first-order valence-electron chi connectivity index (χ1n) is 13.2. The Morgan fingerprint density at radius 1 is 1.00 bits per heavy atom. The van der Waals surface area contributed by atoms with E-state index in [1.165, 1.54) is 17.2 Å². The number of aromatic amines is 1. The molecular weight excluding hydrogens is 506 g/mol. The molecule has 0 unspecified atom stereocenters. The van der Waals surface area contributed by atoms with Gasteiger partial charge in [-0.15, -0.1) is 0 Å². The molecule has 2 aromatic carbocycles. The number of benzene rings is 2. The van der Waals surface area contributed by atoms with Crippen molar-refractivity contribution in [2.45, 2.75) is 25.9 Å². The van der Waals surface area contributed by atoms with Gasteiger partial charge in [-0.25, -0.2) is 4.98 Å². The first-order chi connectivity index (χ1) is 19.6. The summed E-state index contributed by atoms with van der Waals surface area (Å²) in [4.78, 5) is 27.0. The van der Waals surface area contributed by atoms with Gasteiger partial charge in [0.1, 0.15) is 17.8 Å². The summed E-state index contributed by atoms with van der Waals surface area (Å²) < 4.78 is 16.7. The van der Waals surface area contributed by atoms with Gasteiger partial charge in [0.25, 0.3) is 5.91 Å². The smallest absolute Gasteiger partial charge is 0.273 e. The molecule has 0 radical (unpaired) electrons. The van der Waals surface area contributed by atoms with E-state index < -0.39 is 0 Å². The number of ether oxygens (including phenoxy) is 2. The fourth-order valence-corrected chi connectivity index (χ4v) is 4.67. The van der Waals surface area contributed by atoms with Gasteiger partial charge in [0.2, 0.25) is 5.89 Å². The van der Waals surface area contributed by atoms with Crippen LogP contribution in [-0.4, -0.2) is 53.1 Å². The molecule has 0 fully saturated rings.